The lowest BCUT2D eigenvalue weighted by molar-refractivity contribution is -0.117. The molecule has 0 atom stereocenters. The number of anilines is 1. The lowest BCUT2D eigenvalue weighted by Crippen LogP contribution is -2.50. The fourth-order valence-corrected chi connectivity index (χ4v) is 4.32. The molecule has 9 nitrogen and oxygen atoms in total. The van der Waals surface area contributed by atoms with E-state index in [9.17, 15) is 9.59 Å². The van der Waals surface area contributed by atoms with Gasteiger partial charge < -0.3 is 10.2 Å². The van der Waals surface area contributed by atoms with Crippen molar-refractivity contribution in [1.82, 2.24) is 29.8 Å². The van der Waals surface area contributed by atoms with E-state index in [0.29, 0.717) is 49.3 Å². The molecule has 1 aliphatic heterocycles. The molecule has 0 unspecified atom stereocenters. The molecule has 1 fully saturated rings. The third-order valence-electron chi connectivity index (χ3n) is 5.96. The third-order valence-corrected chi connectivity index (χ3v) is 6.33. The Balaban J connectivity index is 1.15. The van der Waals surface area contributed by atoms with Gasteiger partial charge in [0.2, 0.25) is 5.91 Å². The fraction of sp³-hybridized carbons (Fsp3) is 0.250. The summed E-state index contributed by atoms with van der Waals surface area (Å²) in [4.78, 5) is 29.5. The molecule has 0 saturated carbocycles. The second-order valence-corrected chi connectivity index (χ2v) is 8.61. The number of nitrogens with zero attached hydrogens (tertiary/aromatic N) is 5. The number of para-hydroxylation sites is 1. The van der Waals surface area contributed by atoms with Gasteiger partial charge in [-0.1, -0.05) is 48.0 Å². The number of halogens is 1. The van der Waals surface area contributed by atoms with Crippen LogP contribution in [-0.4, -0.2) is 74.3 Å². The maximum absolute atomic E-state index is 13.0. The van der Waals surface area contributed by atoms with Crippen LogP contribution in [0.1, 0.15) is 16.1 Å². The quantitative estimate of drug-likeness (QED) is 0.445. The van der Waals surface area contributed by atoms with E-state index in [-0.39, 0.29) is 18.4 Å². The van der Waals surface area contributed by atoms with E-state index in [4.69, 9.17) is 11.6 Å². The summed E-state index contributed by atoms with van der Waals surface area (Å²) >= 11 is 6.25. The van der Waals surface area contributed by atoms with E-state index < -0.39 is 0 Å². The standard InChI is InChI=1S/C24H24ClN7O2/c25-19-7-3-1-5-17(19)15-32-21(9-10-26-32)27-22(33)16-30-11-13-31(14-12-30)24(34)23-18-6-2-4-8-20(18)28-29-23/h1-10H,11-16H2,(H,27,33)(H,28,29). The number of carbonyl (C=O) groups excluding carboxylic acids is 2. The van der Waals surface area contributed by atoms with E-state index in [1.54, 1.807) is 21.8 Å². The minimum Gasteiger partial charge on any atom is -0.335 e. The maximum atomic E-state index is 13.0. The van der Waals surface area contributed by atoms with Gasteiger partial charge in [-0.05, 0) is 17.7 Å². The van der Waals surface area contributed by atoms with Crippen molar-refractivity contribution in [3.05, 3.63) is 77.1 Å². The minimum atomic E-state index is -0.126. The lowest BCUT2D eigenvalue weighted by atomic mass is 10.2. The average Bonchev–Trinajstić information content (AvgIpc) is 3.47. The zero-order valence-electron chi connectivity index (χ0n) is 18.4. The first-order valence-corrected chi connectivity index (χ1v) is 11.5. The topological polar surface area (TPSA) is 99.2 Å². The number of carbonyl (C=O) groups is 2. The number of amides is 2. The van der Waals surface area contributed by atoms with Gasteiger partial charge in [-0.25, -0.2) is 4.68 Å². The van der Waals surface area contributed by atoms with Crippen molar-refractivity contribution in [2.75, 3.05) is 38.0 Å². The van der Waals surface area contributed by atoms with Crippen molar-refractivity contribution in [3.63, 3.8) is 0 Å². The summed E-state index contributed by atoms with van der Waals surface area (Å²) in [7, 11) is 0. The number of benzene rings is 2. The summed E-state index contributed by atoms with van der Waals surface area (Å²) in [6, 6.07) is 16.9. The molecule has 1 saturated heterocycles. The van der Waals surface area contributed by atoms with Crippen LogP contribution in [0, 0.1) is 0 Å². The van der Waals surface area contributed by atoms with Crippen LogP contribution in [-0.2, 0) is 11.3 Å². The van der Waals surface area contributed by atoms with Crippen LogP contribution in [0.4, 0.5) is 5.82 Å². The van der Waals surface area contributed by atoms with Gasteiger partial charge in [-0.2, -0.15) is 10.2 Å². The zero-order chi connectivity index (χ0) is 23.5. The lowest BCUT2D eigenvalue weighted by Gasteiger charge is -2.34. The molecule has 0 spiro atoms. The van der Waals surface area contributed by atoms with Crippen molar-refractivity contribution < 1.29 is 9.59 Å². The summed E-state index contributed by atoms with van der Waals surface area (Å²) in [6.07, 6.45) is 1.65. The fourth-order valence-electron chi connectivity index (χ4n) is 4.12. The van der Waals surface area contributed by atoms with E-state index in [1.165, 1.54) is 0 Å². The molecular formula is C24H24ClN7O2. The SMILES string of the molecule is O=C(CN1CCN(C(=O)c2n[nH]c3ccccc23)CC1)Nc1ccnn1Cc1ccccc1Cl. The maximum Gasteiger partial charge on any atom is 0.275 e. The van der Waals surface area contributed by atoms with Crippen LogP contribution < -0.4 is 5.32 Å². The molecule has 0 radical (unpaired) electrons. The van der Waals surface area contributed by atoms with Gasteiger partial charge in [0.1, 0.15) is 5.82 Å². The highest BCUT2D eigenvalue weighted by Crippen LogP contribution is 2.19. The van der Waals surface area contributed by atoms with Crippen LogP contribution in [0.5, 0.6) is 0 Å². The number of hydrogen-bond acceptors (Lipinski definition) is 5. The normalized spacial score (nSPS) is 14.4. The predicted molar refractivity (Wildman–Crippen MR) is 130 cm³/mol. The molecule has 10 heteroatoms. The number of rotatable bonds is 6. The summed E-state index contributed by atoms with van der Waals surface area (Å²) < 4.78 is 1.71. The van der Waals surface area contributed by atoms with E-state index in [2.05, 4.69) is 20.6 Å². The molecule has 3 heterocycles. The summed E-state index contributed by atoms with van der Waals surface area (Å²) in [5, 5.41) is 15.8. The van der Waals surface area contributed by atoms with Gasteiger partial charge in [0.15, 0.2) is 5.69 Å². The average molecular weight is 478 g/mol. The summed E-state index contributed by atoms with van der Waals surface area (Å²) in [6.45, 7) is 3.01. The molecule has 34 heavy (non-hydrogen) atoms. The molecule has 0 aliphatic carbocycles. The number of H-pyrrole nitrogens is 1. The van der Waals surface area contributed by atoms with Gasteiger partial charge in [0, 0.05) is 42.7 Å². The first-order valence-electron chi connectivity index (χ1n) is 11.1. The van der Waals surface area contributed by atoms with Gasteiger partial charge >= 0.3 is 0 Å². The number of piperazine rings is 1. The predicted octanol–water partition coefficient (Wildman–Crippen LogP) is 2.86. The highest BCUT2D eigenvalue weighted by Gasteiger charge is 2.26. The van der Waals surface area contributed by atoms with Crippen molar-refractivity contribution in [3.8, 4) is 0 Å². The number of nitrogens with one attached hydrogen (secondary N) is 2. The van der Waals surface area contributed by atoms with Gasteiger partial charge in [-0.15, -0.1) is 0 Å². The Kier molecular flexibility index (Phi) is 6.29. The summed E-state index contributed by atoms with van der Waals surface area (Å²) in [5.74, 6) is 0.396. The largest absolute Gasteiger partial charge is 0.335 e. The molecular weight excluding hydrogens is 454 g/mol. The molecule has 174 valence electrons. The van der Waals surface area contributed by atoms with E-state index >= 15 is 0 Å². The Hall–Kier alpha value is -3.69. The molecule has 2 N–H and O–H groups in total. The molecule has 5 rings (SSSR count). The number of fused-ring (bicyclic) bond motifs is 1. The molecule has 4 aromatic rings. The Labute approximate surface area is 201 Å². The monoisotopic (exact) mass is 477 g/mol. The van der Waals surface area contributed by atoms with Crippen molar-refractivity contribution in [1.29, 1.82) is 0 Å². The van der Waals surface area contributed by atoms with Crippen molar-refractivity contribution in [2.45, 2.75) is 6.54 Å². The van der Waals surface area contributed by atoms with Crippen LogP contribution in [0.15, 0.2) is 60.8 Å². The highest BCUT2D eigenvalue weighted by atomic mass is 35.5. The van der Waals surface area contributed by atoms with Gasteiger partial charge in [0.05, 0.1) is 24.8 Å². The first-order chi connectivity index (χ1) is 16.6. The van der Waals surface area contributed by atoms with Crippen LogP contribution in [0.3, 0.4) is 0 Å². The Morgan fingerprint density at radius 3 is 2.59 bits per heavy atom. The van der Waals surface area contributed by atoms with E-state index in [1.807, 2.05) is 53.4 Å². The molecule has 1 aliphatic rings. The zero-order valence-corrected chi connectivity index (χ0v) is 19.2. The van der Waals surface area contributed by atoms with Crippen LogP contribution >= 0.6 is 11.6 Å². The van der Waals surface area contributed by atoms with Gasteiger partial charge in [-0.3, -0.25) is 19.6 Å². The number of aromatic nitrogens is 4. The molecule has 2 aromatic carbocycles. The second-order valence-electron chi connectivity index (χ2n) is 8.20. The molecule has 0 bridgehead atoms. The first kappa shape index (κ1) is 22.1. The Morgan fingerprint density at radius 1 is 1.00 bits per heavy atom. The Bertz CT molecular complexity index is 1320. The van der Waals surface area contributed by atoms with Crippen LogP contribution in [0.25, 0.3) is 10.9 Å². The number of hydrogen-bond donors (Lipinski definition) is 2. The second kappa shape index (κ2) is 9.66. The van der Waals surface area contributed by atoms with Crippen LogP contribution in [0.2, 0.25) is 5.02 Å². The Morgan fingerprint density at radius 2 is 1.76 bits per heavy atom. The minimum absolute atomic E-state index is 0.0926. The van der Waals surface area contributed by atoms with Gasteiger partial charge in [0.25, 0.3) is 5.91 Å². The highest BCUT2D eigenvalue weighted by molar-refractivity contribution is 6.31. The number of aromatic amines is 1. The molecule has 2 aromatic heterocycles. The van der Waals surface area contributed by atoms with E-state index in [0.717, 1.165) is 16.5 Å². The van der Waals surface area contributed by atoms with Crippen molar-refractivity contribution >= 4 is 40.1 Å². The molecule has 2 amide bonds. The summed E-state index contributed by atoms with van der Waals surface area (Å²) in [5.41, 5.74) is 2.21. The third kappa shape index (κ3) is 4.66. The van der Waals surface area contributed by atoms with Crippen molar-refractivity contribution in [2.24, 2.45) is 0 Å². The smallest absolute Gasteiger partial charge is 0.275 e.